The summed E-state index contributed by atoms with van der Waals surface area (Å²) in [7, 11) is 0. The Kier molecular flexibility index (Phi) is 15.3. The van der Waals surface area contributed by atoms with Gasteiger partial charge in [-0.2, -0.15) is 0 Å². The van der Waals surface area contributed by atoms with Crippen LogP contribution >= 0.6 is 34.4 Å². The lowest BCUT2D eigenvalue weighted by atomic mass is 9.31. The first kappa shape index (κ1) is 68.2. The van der Waals surface area contributed by atoms with Crippen molar-refractivity contribution in [2.75, 3.05) is 24.5 Å². The largest absolute Gasteiger partial charge is 0.458 e. The zero-order chi connectivity index (χ0) is 77.6. The second-order valence-corrected chi connectivity index (χ2v) is 32.3. The number of ether oxygens (including phenoxy) is 3. The average Bonchev–Trinajstić information content (AvgIpc) is 1.02. The van der Waals surface area contributed by atoms with Gasteiger partial charge in [0.25, 0.3) is 20.1 Å². The lowest BCUT2D eigenvalue weighted by molar-refractivity contribution is 0.465. The molecule has 6 aliphatic heterocycles. The summed E-state index contributed by atoms with van der Waals surface area (Å²) in [4.78, 5) is 9.79. The number of hydrogen-bond acceptors (Lipinski definition) is 11. The molecule has 23 rings (SSSR count). The van der Waals surface area contributed by atoms with E-state index in [0.717, 1.165) is 86.1 Å². The van der Waals surface area contributed by atoms with Crippen LogP contribution in [0.15, 0.2) is 313 Å². The summed E-state index contributed by atoms with van der Waals surface area (Å²) in [5.41, 5.74) is 6.73. The van der Waals surface area contributed by atoms with Crippen LogP contribution in [0.1, 0.15) is 0 Å². The van der Waals surface area contributed by atoms with Crippen molar-refractivity contribution in [3.63, 3.8) is 0 Å². The van der Waals surface area contributed by atoms with E-state index >= 15 is 35.1 Å². The molecule has 0 amide bonds. The van der Waals surface area contributed by atoms with Crippen LogP contribution in [-0.2, 0) is 0 Å². The molecule has 0 saturated heterocycles. The molecule has 0 saturated carbocycles. The van der Waals surface area contributed by atoms with Crippen molar-refractivity contribution in [2.45, 2.75) is 9.79 Å². The maximum absolute atomic E-state index is 18.2. The highest BCUT2D eigenvalue weighted by Crippen LogP contribution is 2.55. The minimum absolute atomic E-state index is 0.150. The molecule has 15 aromatic carbocycles. The smallest absolute Gasteiger partial charge is 0.268 e. The van der Waals surface area contributed by atoms with Crippen molar-refractivity contribution >= 4 is 208 Å². The first-order chi connectivity index (χ1) is 56.8. The molecular formula is C94H50B3F8N5O3S3. The normalized spacial score (nSPS) is 13.3. The van der Waals surface area contributed by atoms with Crippen LogP contribution < -0.4 is 86.5 Å². The van der Waals surface area contributed by atoms with Crippen LogP contribution in [0, 0.1) is 46.5 Å². The predicted molar refractivity (Wildman–Crippen MR) is 454 cm³/mol. The molecule has 0 spiro atoms. The third-order valence-electron chi connectivity index (χ3n) is 22.7. The molecule has 17 aromatic rings. The Labute approximate surface area is 671 Å². The summed E-state index contributed by atoms with van der Waals surface area (Å²) >= 11 is 4.70. The average molecular weight is 1580 g/mol. The Bertz CT molecular complexity index is 6950. The number of benzene rings is 15. The molecule has 8 heterocycles. The first-order valence-electron chi connectivity index (χ1n) is 37.5. The highest BCUT2D eigenvalue weighted by Gasteiger charge is 2.52. The van der Waals surface area contributed by atoms with Gasteiger partial charge in [-0.05, 0) is 183 Å². The zero-order valence-electron chi connectivity index (χ0n) is 60.3. The van der Waals surface area contributed by atoms with Crippen molar-refractivity contribution in [1.29, 1.82) is 0 Å². The molecule has 0 atom stereocenters. The van der Waals surface area contributed by atoms with Crippen LogP contribution in [0.3, 0.4) is 0 Å². The molecule has 22 heteroatoms. The maximum atomic E-state index is 18.2. The van der Waals surface area contributed by atoms with Crippen LogP contribution in [-0.4, -0.2) is 20.1 Å². The summed E-state index contributed by atoms with van der Waals surface area (Å²) in [6, 6.07) is 86.4. The molecule has 0 bridgehead atoms. The van der Waals surface area contributed by atoms with Gasteiger partial charge in [0.05, 0.1) is 17.1 Å². The minimum atomic E-state index is -0.981. The number of hydrogen-bond donors (Lipinski definition) is 0. The van der Waals surface area contributed by atoms with E-state index < -0.39 is 83.7 Å². The SMILES string of the molecule is Fc1cccc(F)c1N(c1ccccc1)c1cc2c3c(c1)Sc1c(sc4ccccc14)B3c1cc3c(cc1O2)Oc1cc(N(c2ccccc2)c2ccccc2)cc2c1B3c1cc3c(cc1N2c1c(F)cccc1F)N(c1c(F)cccc1F)c1cc(N(c2ccccc2)c2c(F)cccc2F)cc2c1B3c1sc3ccccc3c1O2. The fourth-order valence-corrected chi connectivity index (χ4v) is 22.1. The molecule has 6 aliphatic rings. The highest BCUT2D eigenvalue weighted by molar-refractivity contribution is 8.00. The summed E-state index contributed by atoms with van der Waals surface area (Å²) in [6.45, 7) is -2.30. The lowest BCUT2D eigenvalue weighted by Gasteiger charge is -2.44. The van der Waals surface area contributed by atoms with Crippen LogP contribution in [0.25, 0.3) is 20.2 Å². The van der Waals surface area contributed by atoms with Gasteiger partial charge in [0, 0.05) is 105 Å². The number of anilines is 15. The van der Waals surface area contributed by atoms with E-state index in [4.69, 9.17) is 14.2 Å². The number of thiophene rings is 2. The summed E-state index contributed by atoms with van der Waals surface area (Å²) in [5.74, 6) is -4.96. The standard InChI is InChI=1S/C94H50B3F8N5O3S3/c98-64-31-17-32-65(99)87(64)107(53-25-9-3-10-26-53)56-42-75-85-79(44-56)113-91-58-29-13-15-39-81(58)115-93(91)96(85)61-47-60-72(49-73(61)110(75)90-70(104)37-20-38-71(90)105)109(89-68(102)35-19-36-69(89)103)74-41-55(106(51-21-5-1-6-22-51)52-23-7-2-8-24-52)43-78-84(74)95(60)62-48-63-77(50-76(62)111-78)112-80-45-57(108(54-27-11-4-12-28-54)88-66(100)33-18-34-67(88)101)46-83-86(80)97(63)94-92(114-83)59-30-14-16-40-82(59)116-94/h1-50H. The Morgan fingerprint density at radius 1 is 0.276 bits per heavy atom. The highest BCUT2D eigenvalue weighted by atomic mass is 32.2. The molecule has 116 heavy (non-hydrogen) atoms. The number of halogens is 8. The number of rotatable bonds is 11. The molecule has 0 unspecified atom stereocenters. The van der Waals surface area contributed by atoms with Gasteiger partial charge in [-0.1, -0.05) is 151 Å². The minimum Gasteiger partial charge on any atom is -0.458 e. The number of nitrogens with zero attached hydrogens (tertiary/aromatic N) is 5. The monoisotopic (exact) mass is 1580 g/mol. The van der Waals surface area contributed by atoms with Crippen molar-refractivity contribution in [1.82, 2.24) is 0 Å². The predicted octanol–water partition coefficient (Wildman–Crippen LogP) is 21.5. The van der Waals surface area contributed by atoms with Gasteiger partial charge in [-0.3, -0.25) is 0 Å². The summed E-state index contributed by atoms with van der Waals surface area (Å²) < 4.78 is 165. The molecule has 0 N–H and O–H groups in total. The number of para-hydroxylation sites is 8. The van der Waals surface area contributed by atoms with E-state index in [1.165, 1.54) is 69.7 Å². The first-order valence-corrected chi connectivity index (χ1v) is 39.9. The second-order valence-electron chi connectivity index (χ2n) is 29.1. The zero-order valence-corrected chi connectivity index (χ0v) is 62.8. The van der Waals surface area contributed by atoms with Gasteiger partial charge in [-0.25, -0.2) is 35.1 Å². The van der Waals surface area contributed by atoms with E-state index in [2.05, 4.69) is 18.2 Å². The molecule has 0 aliphatic carbocycles. The van der Waals surface area contributed by atoms with Crippen molar-refractivity contribution in [2.24, 2.45) is 0 Å². The van der Waals surface area contributed by atoms with Crippen molar-refractivity contribution in [3.8, 4) is 34.5 Å². The van der Waals surface area contributed by atoms with Gasteiger partial charge < -0.3 is 38.7 Å². The van der Waals surface area contributed by atoms with Gasteiger partial charge in [0.2, 0.25) is 0 Å². The summed E-state index contributed by atoms with van der Waals surface area (Å²) in [6.07, 6.45) is 0. The lowest BCUT2D eigenvalue weighted by Crippen LogP contribution is -2.64. The Balaban J connectivity index is 0.824. The van der Waals surface area contributed by atoms with E-state index in [9.17, 15) is 0 Å². The van der Waals surface area contributed by atoms with Crippen LogP contribution in [0.2, 0.25) is 0 Å². The quantitative estimate of drug-likeness (QED) is 0.0931. The summed E-state index contributed by atoms with van der Waals surface area (Å²) in [5, 5.41) is 1.77. The molecule has 0 radical (unpaired) electrons. The number of fused-ring (bicyclic) bond motifs is 16. The Morgan fingerprint density at radius 3 is 1.17 bits per heavy atom. The fraction of sp³-hybridized carbons (Fsp3) is 0. The van der Waals surface area contributed by atoms with Gasteiger partial charge in [-0.15, -0.1) is 22.7 Å². The molecular weight excluding hydrogens is 1530 g/mol. The van der Waals surface area contributed by atoms with E-state index in [1.54, 1.807) is 93.6 Å². The van der Waals surface area contributed by atoms with Crippen molar-refractivity contribution < 1.29 is 49.3 Å². The van der Waals surface area contributed by atoms with Crippen molar-refractivity contribution in [3.05, 3.63) is 350 Å². The third kappa shape index (κ3) is 10.2. The Hall–Kier alpha value is -13.4. The van der Waals surface area contributed by atoms with E-state index in [-0.39, 0.29) is 34.2 Å². The topological polar surface area (TPSA) is 43.9 Å². The molecule has 8 nitrogen and oxygen atoms in total. The Morgan fingerprint density at radius 2 is 0.655 bits per heavy atom. The molecule has 0 fully saturated rings. The van der Waals surface area contributed by atoms with Gasteiger partial charge in [0.15, 0.2) is 0 Å². The van der Waals surface area contributed by atoms with E-state index in [0.29, 0.717) is 84.5 Å². The maximum Gasteiger partial charge on any atom is 0.268 e. The fourth-order valence-electron chi connectivity index (χ4n) is 18.0. The van der Waals surface area contributed by atoms with Crippen LogP contribution in [0.5, 0.6) is 34.5 Å². The second kappa shape index (κ2) is 26.1. The van der Waals surface area contributed by atoms with Gasteiger partial charge >= 0.3 is 0 Å². The molecule has 2 aromatic heterocycles. The van der Waals surface area contributed by atoms with Crippen LogP contribution in [0.4, 0.5) is 120 Å². The van der Waals surface area contributed by atoms with E-state index in [1.807, 2.05) is 157 Å². The van der Waals surface area contributed by atoms with Gasteiger partial charge in [0.1, 0.15) is 104 Å². The third-order valence-corrected chi connectivity index (χ3v) is 26.5. The molecule has 552 valence electrons.